The summed E-state index contributed by atoms with van der Waals surface area (Å²) in [6, 6.07) is 4.96. The molecule has 0 amide bonds. The van der Waals surface area contributed by atoms with Crippen LogP contribution in [-0.2, 0) is 0 Å². The highest BCUT2D eigenvalue weighted by atomic mass is 32.2. The molecule has 0 fully saturated rings. The van der Waals surface area contributed by atoms with Crippen molar-refractivity contribution in [2.45, 2.75) is 19.3 Å². The van der Waals surface area contributed by atoms with Crippen molar-refractivity contribution in [2.24, 2.45) is 0 Å². The van der Waals surface area contributed by atoms with Gasteiger partial charge in [0.15, 0.2) is 0 Å². The third kappa shape index (κ3) is 4.87. The summed E-state index contributed by atoms with van der Waals surface area (Å²) in [5.41, 5.74) is 7.00. The number of unbranched alkanes of at least 4 members (excludes halogenated alkanes) is 2. The molecule has 0 aliphatic heterocycles. The van der Waals surface area contributed by atoms with E-state index < -0.39 is 5.97 Å². The highest BCUT2D eigenvalue weighted by Crippen LogP contribution is 2.18. The number of hydrogen-bond donors (Lipinski definition) is 3. The van der Waals surface area contributed by atoms with E-state index in [1.165, 1.54) is 24.7 Å². The van der Waals surface area contributed by atoms with Gasteiger partial charge in [-0.05, 0) is 43.0 Å². The molecule has 0 bridgehead atoms. The van der Waals surface area contributed by atoms with Gasteiger partial charge in [-0.1, -0.05) is 6.42 Å². The second-order valence-corrected chi connectivity index (χ2v) is 5.07. The van der Waals surface area contributed by atoms with Gasteiger partial charge in [-0.15, -0.1) is 0 Å². The van der Waals surface area contributed by atoms with E-state index in [2.05, 4.69) is 11.6 Å². The lowest BCUT2D eigenvalue weighted by Gasteiger charge is -2.08. The molecule has 0 aliphatic carbocycles. The van der Waals surface area contributed by atoms with Crippen molar-refractivity contribution in [1.82, 2.24) is 0 Å². The van der Waals surface area contributed by atoms with E-state index in [0.717, 1.165) is 18.7 Å². The Bertz CT molecular complexity index is 397. The Morgan fingerprint density at radius 3 is 2.78 bits per heavy atom. The zero-order chi connectivity index (χ0) is 13.4. The fourth-order valence-corrected chi connectivity index (χ4v) is 2.14. The van der Waals surface area contributed by atoms with E-state index in [-0.39, 0.29) is 5.56 Å². The van der Waals surface area contributed by atoms with Crippen LogP contribution in [0.5, 0.6) is 0 Å². The van der Waals surface area contributed by atoms with Gasteiger partial charge in [0.2, 0.25) is 0 Å². The van der Waals surface area contributed by atoms with Gasteiger partial charge in [-0.2, -0.15) is 11.8 Å². The van der Waals surface area contributed by atoms with Gasteiger partial charge in [-0.25, -0.2) is 4.79 Å². The third-order valence-corrected chi connectivity index (χ3v) is 3.33. The molecule has 0 heterocycles. The number of carboxylic acids is 1. The van der Waals surface area contributed by atoms with Crippen molar-refractivity contribution < 1.29 is 9.90 Å². The first kappa shape index (κ1) is 14.7. The number of benzene rings is 1. The summed E-state index contributed by atoms with van der Waals surface area (Å²) in [7, 11) is 0. The van der Waals surface area contributed by atoms with Gasteiger partial charge in [0, 0.05) is 17.9 Å². The molecule has 4 nitrogen and oxygen atoms in total. The highest BCUT2D eigenvalue weighted by molar-refractivity contribution is 7.98. The van der Waals surface area contributed by atoms with Gasteiger partial charge in [0.25, 0.3) is 0 Å². The van der Waals surface area contributed by atoms with Gasteiger partial charge < -0.3 is 16.2 Å². The van der Waals surface area contributed by atoms with Gasteiger partial charge >= 0.3 is 5.97 Å². The second kappa shape index (κ2) is 7.87. The Balaban J connectivity index is 2.35. The van der Waals surface area contributed by atoms with Crippen LogP contribution >= 0.6 is 11.8 Å². The largest absolute Gasteiger partial charge is 0.478 e. The van der Waals surface area contributed by atoms with Crippen LogP contribution in [0.15, 0.2) is 18.2 Å². The number of nitrogens with two attached hydrogens (primary N) is 1. The van der Waals surface area contributed by atoms with Crippen molar-refractivity contribution in [3.8, 4) is 0 Å². The van der Waals surface area contributed by atoms with Crippen LogP contribution in [0.2, 0.25) is 0 Å². The van der Waals surface area contributed by atoms with E-state index in [1.54, 1.807) is 12.1 Å². The van der Waals surface area contributed by atoms with Crippen molar-refractivity contribution in [2.75, 3.05) is 29.6 Å². The Hall–Kier alpha value is -1.36. The molecule has 0 spiro atoms. The summed E-state index contributed by atoms with van der Waals surface area (Å²) in [6.45, 7) is 0.889. The van der Waals surface area contributed by atoms with Crippen LogP contribution in [-0.4, -0.2) is 29.6 Å². The molecule has 0 aromatic heterocycles. The molecule has 0 unspecified atom stereocenters. The maximum atomic E-state index is 10.8. The smallest absolute Gasteiger partial charge is 0.337 e. The molecule has 1 aromatic carbocycles. The Morgan fingerprint density at radius 1 is 1.39 bits per heavy atom. The molecule has 1 rings (SSSR count). The molecule has 0 saturated carbocycles. The number of hydrogen-bond acceptors (Lipinski definition) is 4. The van der Waals surface area contributed by atoms with Crippen molar-refractivity contribution in [3.05, 3.63) is 23.8 Å². The lowest BCUT2D eigenvalue weighted by Crippen LogP contribution is -2.05. The van der Waals surface area contributed by atoms with Crippen LogP contribution in [0.25, 0.3) is 0 Å². The number of anilines is 2. The molecule has 100 valence electrons. The molecular formula is C13H20N2O2S. The summed E-state index contributed by atoms with van der Waals surface area (Å²) in [4.78, 5) is 10.8. The van der Waals surface area contributed by atoms with Crippen LogP contribution < -0.4 is 11.1 Å². The first-order valence-electron chi connectivity index (χ1n) is 6.00. The van der Waals surface area contributed by atoms with Crippen molar-refractivity contribution in [1.29, 1.82) is 0 Å². The van der Waals surface area contributed by atoms with Crippen molar-refractivity contribution in [3.63, 3.8) is 0 Å². The number of aromatic carboxylic acids is 1. The molecular weight excluding hydrogens is 248 g/mol. The third-order valence-electron chi connectivity index (χ3n) is 2.64. The number of carboxylic acid groups (broad SMARTS) is 1. The summed E-state index contributed by atoms with van der Waals surface area (Å²) in [6.07, 6.45) is 5.67. The number of rotatable bonds is 8. The molecule has 4 N–H and O–H groups in total. The zero-order valence-electron chi connectivity index (χ0n) is 10.6. The molecule has 0 saturated heterocycles. The molecule has 18 heavy (non-hydrogen) atoms. The van der Waals surface area contributed by atoms with Crippen LogP contribution in [0.3, 0.4) is 0 Å². The van der Waals surface area contributed by atoms with Gasteiger partial charge in [0.05, 0.1) is 5.56 Å². The van der Waals surface area contributed by atoms with Crippen molar-refractivity contribution >= 4 is 29.1 Å². The monoisotopic (exact) mass is 268 g/mol. The predicted molar refractivity (Wildman–Crippen MR) is 78.5 cm³/mol. The topological polar surface area (TPSA) is 75.3 Å². The quantitative estimate of drug-likeness (QED) is 0.499. The van der Waals surface area contributed by atoms with Gasteiger partial charge in [0.1, 0.15) is 0 Å². The minimum absolute atomic E-state index is 0.153. The summed E-state index contributed by atoms with van der Waals surface area (Å²) < 4.78 is 0. The highest BCUT2D eigenvalue weighted by Gasteiger charge is 2.07. The Morgan fingerprint density at radius 2 is 2.17 bits per heavy atom. The number of carbonyl (C=O) groups is 1. The first-order chi connectivity index (χ1) is 8.65. The molecule has 0 atom stereocenters. The zero-order valence-corrected chi connectivity index (χ0v) is 11.4. The lowest BCUT2D eigenvalue weighted by atomic mass is 10.1. The average molecular weight is 268 g/mol. The molecule has 5 heteroatoms. The fourth-order valence-electron chi connectivity index (χ4n) is 1.65. The predicted octanol–water partition coefficient (Wildman–Crippen LogP) is 2.91. The summed E-state index contributed by atoms with van der Waals surface area (Å²) >= 11 is 1.87. The fraction of sp³-hybridized carbons (Fsp3) is 0.462. The number of nitrogens with one attached hydrogen (secondary N) is 1. The minimum atomic E-state index is -0.990. The SMILES string of the molecule is CSCCCCCNc1ccc(C(=O)O)c(N)c1. The van der Waals surface area contributed by atoms with Gasteiger partial charge in [-0.3, -0.25) is 0 Å². The van der Waals surface area contributed by atoms with Crippen LogP contribution in [0.1, 0.15) is 29.6 Å². The maximum Gasteiger partial charge on any atom is 0.337 e. The van der Waals surface area contributed by atoms with E-state index in [4.69, 9.17) is 10.8 Å². The van der Waals surface area contributed by atoms with Crippen LogP contribution in [0, 0.1) is 0 Å². The molecule has 0 radical (unpaired) electrons. The summed E-state index contributed by atoms with van der Waals surface area (Å²) in [5.74, 6) is 0.219. The van der Waals surface area contributed by atoms with E-state index in [0.29, 0.717) is 5.69 Å². The molecule has 0 aliphatic rings. The maximum absolute atomic E-state index is 10.8. The van der Waals surface area contributed by atoms with E-state index >= 15 is 0 Å². The number of thioether (sulfide) groups is 1. The minimum Gasteiger partial charge on any atom is -0.478 e. The normalized spacial score (nSPS) is 10.3. The van der Waals surface area contributed by atoms with Crippen LogP contribution in [0.4, 0.5) is 11.4 Å². The number of nitrogen functional groups attached to an aromatic ring is 1. The van der Waals surface area contributed by atoms with E-state index in [1.807, 2.05) is 11.8 Å². The standard InChI is InChI=1S/C13H20N2O2S/c1-18-8-4-2-3-7-15-10-5-6-11(13(16)17)12(14)9-10/h5-6,9,15H,2-4,7-8,14H2,1H3,(H,16,17). The van der Waals surface area contributed by atoms with E-state index in [9.17, 15) is 4.79 Å². The second-order valence-electron chi connectivity index (χ2n) is 4.09. The lowest BCUT2D eigenvalue weighted by molar-refractivity contribution is 0.0698. The Labute approximate surface area is 112 Å². The molecule has 1 aromatic rings. The first-order valence-corrected chi connectivity index (χ1v) is 7.40. The summed E-state index contributed by atoms with van der Waals surface area (Å²) in [5, 5.41) is 12.1. The average Bonchev–Trinajstić information content (AvgIpc) is 2.33. The Kier molecular flexibility index (Phi) is 6.43.